The second kappa shape index (κ2) is 4.51. The zero-order valence-electron chi connectivity index (χ0n) is 11.4. The third-order valence-corrected chi connectivity index (χ3v) is 3.56. The molecule has 0 spiro atoms. The summed E-state index contributed by atoms with van der Waals surface area (Å²) in [5.41, 5.74) is -0.708. The topological polar surface area (TPSA) is 83.9 Å². The molecule has 0 aromatic carbocycles. The Bertz CT molecular complexity index is 425. The fourth-order valence-corrected chi connectivity index (χ4v) is 2.89. The predicted octanol–water partition coefficient (Wildman–Crippen LogP) is 1.43. The first-order chi connectivity index (χ1) is 8.72. The summed E-state index contributed by atoms with van der Waals surface area (Å²) in [6, 6.07) is -1.70. The minimum atomic E-state index is -1.13. The highest BCUT2D eigenvalue weighted by atomic mass is 16.6. The van der Waals surface area contributed by atoms with Gasteiger partial charge in [0.2, 0.25) is 0 Å². The number of carboxylic acid groups (broad SMARTS) is 1. The molecule has 106 valence electrons. The first kappa shape index (κ1) is 13.8. The van der Waals surface area contributed by atoms with Crippen LogP contribution in [0.3, 0.4) is 0 Å². The molecule has 3 unspecified atom stereocenters. The van der Waals surface area contributed by atoms with Gasteiger partial charge in [0.05, 0.1) is 12.0 Å². The summed E-state index contributed by atoms with van der Waals surface area (Å²) in [5.74, 6) is -1.85. The lowest BCUT2D eigenvalue weighted by Gasteiger charge is -2.29. The summed E-state index contributed by atoms with van der Waals surface area (Å²) in [7, 11) is 0. The van der Waals surface area contributed by atoms with Gasteiger partial charge in [-0.25, -0.2) is 9.59 Å². The van der Waals surface area contributed by atoms with Crippen molar-refractivity contribution >= 4 is 17.8 Å². The van der Waals surface area contributed by atoms with Crippen LogP contribution in [-0.4, -0.2) is 45.5 Å². The Morgan fingerprint density at radius 3 is 2.47 bits per heavy atom. The molecule has 6 nitrogen and oxygen atoms in total. The van der Waals surface area contributed by atoms with E-state index in [1.807, 2.05) is 0 Å². The van der Waals surface area contributed by atoms with Gasteiger partial charge in [0, 0.05) is 0 Å². The Balaban J connectivity index is 2.28. The quantitative estimate of drug-likeness (QED) is 0.778. The Morgan fingerprint density at radius 1 is 1.32 bits per heavy atom. The maximum absolute atomic E-state index is 12.2. The molecule has 1 N–H and O–H groups in total. The van der Waals surface area contributed by atoms with Crippen LogP contribution in [0.5, 0.6) is 0 Å². The van der Waals surface area contributed by atoms with E-state index in [0.717, 1.165) is 11.3 Å². The van der Waals surface area contributed by atoms with Gasteiger partial charge in [-0.1, -0.05) is 6.42 Å². The van der Waals surface area contributed by atoms with Gasteiger partial charge in [-0.3, -0.25) is 9.69 Å². The minimum absolute atomic E-state index is 0.135. The van der Waals surface area contributed by atoms with Crippen LogP contribution in [0.25, 0.3) is 0 Å². The highest BCUT2D eigenvalue weighted by Crippen LogP contribution is 2.38. The number of carbonyl (C=O) groups is 3. The number of amides is 1. The second-order valence-electron chi connectivity index (χ2n) is 6.13. The van der Waals surface area contributed by atoms with Crippen LogP contribution in [0.15, 0.2) is 0 Å². The number of hydrogen-bond acceptors (Lipinski definition) is 4. The molecule has 2 aliphatic rings. The fourth-order valence-electron chi connectivity index (χ4n) is 2.89. The van der Waals surface area contributed by atoms with Gasteiger partial charge in [0.25, 0.3) is 0 Å². The number of Topliss-reactive ketones (excluding diaryl/α,β-unsaturated/α-hetero) is 1. The molecule has 1 saturated carbocycles. The van der Waals surface area contributed by atoms with Crippen molar-refractivity contribution in [2.45, 2.75) is 57.7 Å². The van der Waals surface area contributed by atoms with Crippen LogP contribution >= 0.6 is 0 Å². The van der Waals surface area contributed by atoms with Crippen molar-refractivity contribution in [2.75, 3.05) is 0 Å². The van der Waals surface area contributed by atoms with Crippen molar-refractivity contribution in [3.05, 3.63) is 0 Å². The molecule has 2 bridgehead atoms. The second-order valence-corrected chi connectivity index (χ2v) is 6.13. The molecule has 2 rings (SSSR count). The number of rotatable bonds is 1. The van der Waals surface area contributed by atoms with E-state index in [9.17, 15) is 19.5 Å². The molecule has 1 aliphatic heterocycles. The summed E-state index contributed by atoms with van der Waals surface area (Å²) in [6.07, 6.45) is 1.12. The van der Waals surface area contributed by atoms with Crippen LogP contribution in [0, 0.1) is 5.92 Å². The average Bonchev–Trinajstić information content (AvgIpc) is 2.43. The van der Waals surface area contributed by atoms with Gasteiger partial charge < -0.3 is 9.84 Å². The molecule has 0 aromatic rings. The number of likely N-dealkylation sites (tertiary alicyclic amines) is 1. The molecule has 1 heterocycles. The van der Waals surface area contributed by atoms with Crippen molar-refractivity contribution in [3.8, 4) is 0 Å². The van der Waals surface area contributed by atoms with Crippen LogP contribution < -0.4 is 0 Å². The molecule has 2 fully saturated rings. The summed E-state index contributed by atoms with van der Waals surface area (Å²) >= 11 is 0. The van der Waals surface area contributed by atoms with Crippen molar-refractivity contribution in [3.63, 3.8) is 0 Å². The lowest BCUT2D eigenvalue weighted by atomic mass is 9.86. The highest BCUT2D eigenvalue weighted by molar-refractivity contribution is 6.00. The van der Waals surface area contributed by atoms with Gasteiger partial charge in [-0.05, 0) is 33.6 Å². The lowest BCUT2D eigenvalue weighted by Crippen LogP contribution is -2.48. The van der Waals surface area contributed by atoms with Crippen molar-refractivity contribution < 1.29 is 24.2 Å². The SMILES string of the molecule is CC(C)(C)OC(=O)N1C2CCCC(C2=O)C1C(=O)O. The van der Waals surface area contributed by atoms with E-state index in [2.05, 4.69) is 0 Å². The number of carbonyl (C=O) groups excluding carboxylic acids is 2. The monoisotopic (exact) mass is 269 g/mol. The number of aliphatic carboxylic acids is 1. The predicted molar refractivity (Wildman–Crippen MR) is 65.6 cm³/mol. The molecule has 19 heavy (non-hydrogen) atoms. The normalized spacial score (nSPS) is 30.4. The third kappa shape index (κ3) is 2.43. The summed E-state index contributed by atoms with van der Waals surface area (Å²) in [5, 5.41) is 9.29. The maximum atomic E-state index is 12.2. The molecule has 1 aliphatic carbocycles. The van der Waals surface area contributed by atoms with Gasteiger partial charge >= 0.3 is 12.1 Å². The van der Waals surface area contributed by atoms with Crippen LogP contribution in [-0.2, 0) is 14.3 Å². The number of carboxylic acids is 1. The Kier molecular flexibility index (Phi) is 3.28. The number of fused-ring (bicyclic) bond motifs is 2. The van der Waals surface area contributed by atoms with Crippen LogP contribution in [0.2, 0.25) is 0 Å². The third-order valence-electron chi connectivity index (χ3n) is 3.56. The van der Waals surface area contributed by atoms with Crippen molar-refractivity contribution in [2.24, 2.45) is 5.92 Å². The van der Waals surface area contributed by atoms with Crippen molar-refractivity contribution in [1.29, 1.82) is 0 Å². The number of ether oxygens (including phenoxy) is 1. The van der Waals surface area contributed by atoms with E-state index in [4.69, 9.17) is 4.74 Å². The van der Waals surface area contributed by atoms with E-state index in [1.165, 1.54) is 0 Å². The molecule has 6 heteroatoms. The molecule has 0 radical (unpaired) electrons. The zero-order valence-corrected chi connectivity index (χ0v) is 11.4. The highest BCUT2D eigenvalue weighted by Gasteiger charge is 2.56. The molecule has 3 atom stereocenters. The van der Waals surface area contributed by atoms with Crippen LogP contribution in [0.1, 0.15) is 40.0 Å². The molecule has 0 aromatic heterocycles. The Labute approximate surface area is 111 Å². The van der Waals surface area contributed by atoms with Gasteiger partial charge in [-0.2, -0.15) is 0 Å². The summed E-state index contributed by atoms with van der Waals surface area (Å²) in [4.78, 5) is 36.7. The first-order valence-corrected chi connectivity index (χ1v) is 6.50. The van der Waals surface area contributed by atoms with Gasteiger partial charge in [0.1, 0.15) is 11.6 Å². The van der Waals surface area contributed by atoms with E-state index < -0.39 is 35.7 Å². The van der Waals surface area contributed by atoms with E-state index in [0.29, 0.717) is 12.8 Å². The fraction of sp³-hybridized carbons (Fsp3) is 0.769. The number of ketones is 1. The number of hydrogen-bond donors (Lipinski definition) is 1. The molecular weight excluding hydrogens is 250 g/mol. The smallest absolute Gasteiger partial charge is 0.411 e. The van der Waals surface area contributed by atoms with Gasteiger partial charge in [-0.15, -0.1) is 0 Å². The Morgan fingerprint density at radius 2 is 1.95 bits per heavy atom. The van der Waals surface area contributed by atoms with Crippen molar-refractivity contribution in [1.82, 2.24) is 4.90 Å². The van der Waals surface area contributed by atoms with Gasteiger partial charge in [0.15, 0.2) is 5.78 Å². The number of nitrogens with zero attached hydrogens (tertiary/aromatic N) is 1. The standard InChI is InChI=1S/C13H19NO5/c1-13(2,3)19-12(18)14-8-6-4-5-7(10(8)15)9(14)11(16)17/h7-9H,4-6H2,1-3H3,(H,16,17). The first-order valence-electron chi connectivity index (χ1n) is 6.50. The Hall–Kier alpha value is -1.59. The minimum Gasteiger partial charge on any atom is -0.480 e. The average molecular weight is 269 g/mol. The van der Waals surface area contributed by atoms with Crippen LogP contribution in [0.4, 0.5) is 4.79 Å². The largest absolute Gasteiger partial charge is 0.480 e. The lowest BCUT2D eigenvalue weighted by molar-refractivity contribution is -0.144. The zero-order chi connectivity index (χ0) is 14.4. The summed E-state index contributed by atoms with van der Waals surface area (Å²) < 4.78 is 5.23. The summed E-state index contributed by atoms with van der Waals surface area (Å²) in [6.45, 7) is 5.14. The molecule has 1 saturated heterocycles. The van der Waals surface area contributed by atoms with E-state index in [-0.39, 0.29) is 5.78 Å². The molecular formula is C13H19NO5. The molecule has 1 amide bonds. The van der Waals surface area contributed by atoms with E-state index >= 15 is 0 Å². The maximum Gasteiger partial charge on any atom is 0.411 e. The van der Waals surface area contributed by atoms with E-state index in [1.54, 1.807) is 20.8 Å².